The molecular weight excluding hydrogens is 518 g/mol. The molecule has 1 aromatic heterocycles. The van der Waals surface area contributed by atoms with Gasteiger partial charge < -0.3 is 19.0 Å². The van der Waals surface area contributed by atoms with Crippen molar-refractivity contribution in [3.8, 4) is 0 Å². The highest BCUT2D eigenvalue weighted by Crippen LogP contribution is 2.38. The number of anilines is 1. The van der Waals surface area contributed by atoms with Crippen LogP contribution in [0.5, 0.6) is 0 Å². The monoisotopic (exact) mass is 550 g/mol. The Labute approximate surface area is 217 Å². The number of ether oxygens (including phenoxy) is 1. The Balaban J connectivity index is 2.02. The Hall–Kier alpha value is -2.99. The van der Waals surface area contributed by atoms with Crippen LogP contribution in [-0.2, 0) is 23.6 Å². The molecule has 1 aromatic carbocycles. The summed E-state index contributed by atoms with van der Waals surface area (Å²) in [5.41, 5.74) is -2.99. The van der Waals surface area contributed by atoms with Crippen LogP contribution in [0.25, 0.3) is 0 Å². The molecule has 0 spiro atoms. The van der Waals surface area contributed by atoms with E-state index in [1.165, 1.54) is 6.92 Å². The van der Waals surface area contributed by atoms with Gasteiger partial charge in [-0.05, 0) is 63.3 Å². The number of benzene rings is 1. The van der Waals surface area contributed by atoms with Crippen LogP contribution in [0.3, 0.4) is 0 Å². The van der Waals surface area contributed by atoms with Gasteiger partial charge >= 0.3 is 24.5 Å². The predicted octanol–water partition coefficient (Wildman–Crippen LogP) is 6.99. The van der Waals surface area contributed by atoms with Gasteiger partial charge in [-0.1, -0.05) is 18.9 Å². The number of carbonyl (C=O) groups is 1. The smallest absolute Gasteiger partial charge is 0.416 e. The lowest BCUT2D eigenvalue weighted by molar-refractivity contribution is -0.143. The normalized spacial score (nSPS) is 20.6. The second-order valence-electron chi connectivity index (χ2n) is 9.73. The molecule has 7 nitrogen and oxygen atoms in total. The summed E-state index contributed by atoms with van der Waals surface area (Å²) in [6.07, 6.45) is -8.81. The van der Waals surface area contributed by atoms with Crippen molar-refractivity contribution in [2.45, 2.75) is 103 Å². The molecule has 1 fully saturated rings. The van der Waals surface area contributed by atoms with Crippen LogP contribution in [0.15, 0.2) is 22.6 Å². The average Bonchev–Trinajstić information content (AvgIpc) is 3.25. The summed E-state index contributed by atoms with van der Waals surface area (Å²) < 4.78 is 91.9. The first-order valence-electron chi connectivity index (χ1n) is 12.5. The van der Waals surface area contributed by atoms with Crippen molar-refractivity contribution in [2.75, 3.05) is 4.90 Å². The van der Waals surface area contributed by atoms with Crippen LogP contribution in [0.1, 0.15) is 76.0 Å². The predicted molar refractivity (Wildman–Crippen MR) is 126 cm³/mol. The number of hydrogen-bond donors (Lipinski definition) is 0. The third-order valence-corrected chi connectivity index (χ3v) is 6.57. The van der Waals surface area contributed by atoms with E-state index in [0.717, 1.165) is 0 Å². The highest BCUT2D eigenvalue weighted by molar-refractivity contribution is 5.69. The molecule has 212 valence electrons. The number of rotatable bonds is 7. The van der Waals surface area contributed by atoms with Gasteiger partial charge in [-0.3, -0.25) is 0 Å². The second-order valence-corrected chi connectivity index (χ2v) is 9.73. The van der Waals surface area contributed by atoms with Crippen LogP contribution in [0, 0.1) is 6.92 Å². The minimum Gasteiger partial charge on any atom is -0.447 e. The molecule has 2 aromatic rings. The Bertz CT molecular complexity index is 1060. The van der Waals surface area contributed by atoms with Crippen LogP contribution in [0.2, 0.25) is 0 Å². The Kier molecular flexibility index (Phi) is 8.87. The number of amides is 1. The number of hydrogen-bond acceptors (Lipinski definition) is 6. The lowest BCUT2D eigenvalue weighted by Gasteiger charge is -2.47. The lowest BCUT2D eigenvalue weighted by Crippen LogP contribution is -2.57. The maximum absolute atomic E-state index is 13.5. The zero-order valence-electron chi connectivity index (χ0n) is 21.9. The molecule has 1 aliphatic heterocycles. The van der Waals surface area contributed by atoms with E-state index in [0.29, 0.717) is 37.8 Å². The second kappa shape index (κ2) is 11.4. The molecule has 0 N–H and O–H groups in total. The third kappa shape index (κ3) is 6.90. The summed E-state index contributed by atoms with van der Waals surface area (Å²) in [7, 11) is 0. The first-order chi connectivity index (χ1) is 17.6. The Morgan fingerprint density at radius 1 is 1.03 bits per heavy atom. The average molecular weight is 551 g/mol. The summed E-state index contributed by atoms with van der Waals surface area (Å²) in [6.45, 7) is 8.50. The molecule has 3 atom stereocenters. The summed E-state index contributed by atoms with van der Waals surface area (Å²) in [5, 5.41) is 7.82. The fourth-order valence-electron chi connectivity index (χ4n) is 4.85. The molecular formula is C25H32F6N4O3. The maximum atomic E-state index is 13.5. The summed E-state index contributed by atoms with van der Waals surface area (Å²) in [6, 6.07) is 0.541. The minimum atomic E-state index is -4.97. The number of alkyl halides is 6. The Morgan fingerprint density at radius 3 is 1.95 bits per heavy atom. The van der Waals surface area contributed by atoms with Gasteiger partial charge in [0, 0.05) is 31.6 Å². The van der Waals surface area contributed by atoms with Gasteiger partial charge in [0.15, 0.2) is 0 Å². The van der Waals surface area contributed by atoms with Crippen LogP contribution < -0.4 is 4.90 Å². The van der Waals surface area contributed by atoms with E-state index in [2.05, 4.69) is 10.2 Å². The fourth-order valence-corrected chi connectivity index (χ4v) is 4.85. The van der Waals surface area contributed by atoms with E-state index >= 15 is 0 Å². The van der Waals surface area contributed by atoms with E-state index in [9.17, 15) is 31.1 Å². The standard InChI is InChI=1S/C25H32F6N4O3/c1-6-19-11-21(12-20(7-2)35(19)23(36)37-14(3)4)34(22-33-32-15(5)38-22)13-16-8-17(24(26,27)28)10-18(9-16)25(29,30)31/h8-10,14,19-21H,6-7,11-13H2,1-5H3/t19-,20+,21+. The molecule has 1 saturated heterocycles. The van der Waals surface area contributed by atoms with Gasteiger partial charge in [-0.25, -0.2) is 4.79 Å². The number of halogens is 6. The highest BCUT2D eigenvalue weighted by atomic mass is 19.4. The van der Waals surface area contributed by atoms with Crippen molar-refractivity contribution in [3.05, 3.63) is 40.8 Å². The summed E-state index contributed by atoms with van der Waals surface area (Å²) in [5.74, 6) is 0.196. The van der Waals surface area contributed by atoms with Crippen LogP contribution in [0.4, 0.5) is 37.2 Å². The van der Waals surface area contributed by atoms with Gasteiger partial charge in [-0.15, -0.1) is 5.10 Å². The van der Waals surface area contributed by atoms with Crippen molar-refractivity contribution in [3.63, 3.8) is 0 Å². The Morgan fingerprint density at radius 2 is 1.55 bits per heavy atom. The molecule has 1 amide bonds. The number of aromatic nitrogens is 2. The summed E-state index contributed by atoms with van der Waals surface area (Å²) in [4.78, 5) is 16.1. The molecule has 0 radical (unpaired) electrons. The molecule has 0 bridgehead atoms. The van der Waals surface area contributed by atoms with E-state index in [4.69, 9.17) is 9.15 Å². The van der Waals surface area contributed by atoms with Crippen molar-refractivity contribution in [1.29, 1.82) is 0 Å². The summed E-state index contributed by atoms with van der Waals surface area (Å²) >= 11 is 0. The SMILES string of the molecule is CC[C@@H]1C[C@H](N(Cc2cc(C(F)(F)F)cc(C(F)(F)F)c2)c2nnc(C)o2)C[C@H](CC)N1C(=O)OC(C)C. The number of likely N-dealkylation sites (tertiary alicyclic amines) is 1. The van der Waals surface area contributed by atoms with E-state index < -0.39 is 35.6 Å². The molecule has 2 heterocycles. The van der Waals surface area contributed by atoms with Gasteiger partial charge in [0.05, 0.1) is 17.2 Å². The number of nitrogens with zero attached hydrogens (tertiary/aromatic N) is 4. The van der Waals surface area contributed by atoms with Gasteiger partial charge in [-0.2, -0.15) is 26.3 Å². The maximum Gasteiger partial charge on any atom is 0.416 e. The first-order valence-corrected chi connectivity index (χ1v) is 12.5. The van der Waals surface area contributed by atoms with Crippen molar-refractivity contribution in [1.82, 2.24) is 15.1 Å². The molecule has 3 rings (SSSR count). The van der Waals surface area contributed by atoms with Crippen molar-refractivity contribution in [2.24, 2.45) is 0 Å². The third-order valence-electron chi connectivity index (χ3n) is 6.57. The van der Waals surface area contributed by atoms with Gasteiger partial charge in [0.2, 0.25) is 5.89 Å². The van der Waals surface area contributed by atoms with Crippen molar-refractivity contribution >= 4 is 12.1 Å². The van der Waals surface area contributed by atoms with Gasteiger partial charge in [0.25, 0.3) is 0 Å². The van der Waals surface area contributed by atoms with Gasteiger partial charge in [0.1, 0.15) is 0 Å². The van der Waals surface area contributed by atoms with E-state index in [1.807, 2.05) is 13.8 Å². The number of aryl methyl sites for hydroxylation is 1. The first kappa shape index (κ1) is 29.6. The molecule has 0 saturated carbocycles. The van der Waals surface area contributed by atoms with Crippen LogP contribution in [-0.4, -0.2) is 45.4 Å². The molecule has 0 unspecified atom stereocenters. The zero-order valence-corrected chi connectivity index (χ0v) is 21.9. The number of piperidine rings is 1. The minimum absolute atomic E-state index is 0.0126. The molecule has 38 heavy (non-hydrogen) atoms. The molecule has 1 aliphatic rings. The highest BCUT2D eigenvalue weighted by Gasteiger charge is 2.42. The topological polar surface area (TPSA) is 71.7 Å². The number of carbonyl (C=O) groups excluding carboxylic acids is 1. The lowest BCUT2D eigenvalue weighted by atomic mass is 9.87. The molecule has 13 heteroatoms. The fraction of sp³-hybridized carbons (Fsp3) is 0.640. The largest absolute Gasteiger partial charge is 0.447 e. The van der Waals surface area contributed by atoms with Crippen molar-refractivity contribution < 1.29 is 40.3 Å². The quantitative estimate of drug-likeness (QED) is 0.346. The van der Waals surface area contributed by atoms with Crippen LogP contribution >= 0.6 is 0 Å². The van der Waals surface area contributed by atoms with E-state index in [1.54, 1.807) is 23.6 Å². The van der Waals surface area contributed by atoms with E-state index in [-0.39, 0.29) is 48.3 Å². The molecule has 0 aliphatic carbocycles. The zero-order chi connectivity index (χ0) is 28.4.